The molecule has 2 saturated heterocycles. The number of nitrogens with zero attached hydrogens (tertiary/aromatic N) is 2. The predicted octanol–water partition coefficient (Wildman–Crippen LogP) is 4.59. The van der Waals surface area contributed by atoms with Crippen LogP contribution in [0.15, 0.2) is 24.4 Å². The molecule has 1 atom stereocenters. The van der Waals surface area contributed by atoms with Crippen molar-refractivity contribution in [3.05, 3.63) is 36.0 Å². The maximum Gasteiger partial charge on any atom is 0.497 e. The van der Waals surface area contributed by atoms with Gasteiger partial charge in [-0.05, 0) is 67.4 Å². The number of ether oxygens (including phenoxy) is 1. The minimum atomic E-state index is -0.762. The fraction of sp³-hybridized carbons (Fsp3) is 0.583. The Hall–Kier alpha value is -2.39. The second-order valence-electron chi connectivity index (χ2n) is 10.8. The Bertz CT molecular complexity index is 1030. The molecule has 178 valence electrons. The SMILES string of the molecule is CC(C)(C)OC(=O)N1CCCC1c1ncc(-c2ccc(B3OC(C)(C)C(C)(C)O3)c(F)c2)[nH]1. The van der Waals surface area contributed by atoms with E-state index in [1.807, 2.05) is 54.5 Å². The second kappa shape index (κ2) is 8.13. The minimum Gasteiger partial charge on any atom is -0.444 e. The first-order valence-electron chi connectivity index (χ1n) is 11.5. The van der Waals surface area contributed by atoms with Crippen LogP contribution in [0.2, 0.25) is 0 Å². The van der Waals surface area contributed by atoms with Crippen LogP contribution in [0, 0.1) is 5.82 Å². The fourth-order valence-electron chi connectivity index (χ4n) is 4.10. The summed E-state index contributed by atoms with van der Waals surface area (Å²) in [6, 6.07) is 4.77. The average Bonchev–Trinajstić information content (AvgIpc) is 3.38. The van der Waals surface area contributed by atoms with Gasteiger partial charge in [0.25, 0.3) is 0 Å². The van der Waals surface area contributed by atoms with Gasteiger partial charge in [-0.1, -0.05) is 12.1 Å². The highest BCUT2D eigenvalue weighted by Gasteiger charge is 2.52. The zero-order valence-corrected chi connectivity index (χ0v) is 20.5. The summed E-state index contributed by atoms with van der Waals surface area (Å²) < 4.78 is 32.6. The van der Waals surface area contributed by atoms with Gasteiger partial charge in [-0.3, -0.25) is 4.90 Å². The Morgan fingerprint density at radius 2 is 1.91 bits per heavy atom. The van der Waals surface area contributed by atoms with Crippen molar-refractivity contribution < 1.29 is 23.2 Å². The van der Waals surface area contributed by atoms with Gasteiger partial charge in [0.15, 0.2) is 0 Å². The van der Waals surface area contributed by atoms with Crippen LogP contribution in [0.25, 0.3) is 11.3 Å². The molecule has 0 radical (unpaired) electrons. The first kappa shape index (κ1) is 23.8. The van der Waals surface area contributed by atoms with E-state index in [1.54, 1.807) is 17.2 Å². The third-order valence-corrected chi connectivity index (χ3v) is 6.61. The van der Waals surface area contributed by atoms with Crippen LogP contribution >= 0.6 is 0 Å². The average molecular weight is 457 g/mol. The molecule has 1 amide bonds. The molecule has 33 heavy (non-hydrogen) atoms. The van der Waals surface area contributed by atoms with Crippen molar-refractivity contribution in [3.8, 4) is 11.3 Å². The zero-order valence-electron chi connectivity index (χ0n) is 20.5. The number of rotatable bonds is 3. The summed E-state index contributed by atoms with van der Waals surface area (Å²) in [5, 5.41) is 0. The summed E-state index contributed by atoms with van der Waals surface area (Å²) in [5.41, 5.74) is 0.0671. The summed E-state index contributed by atoms with van der Waals surface area (Å²) in [6.07, 6.45) is 2.99. The molecule has 2 aliphatic heterocycles. The van der Waals surface area contributed by atoms with Crippen molar-refractivity contribution >= 4 is 18.7 Å². The third-order valence-electron chi connectivity index (χ3n) is 6.61. The molecule has 0 aliphatic carbocycles. The normalized spacial score (nSPS) is 22.1. The molecule has 1 aromatic carbocycles. The molecular weight excluding hydrogens is 424 g/mol. The van der Waals surface area contributed by atoms with Crippen molar-refractivity contribution in [3.63, 3.8) is 0 Å². The molecule has 3 heterocycles. The van der Waals surface area contributed by atoms with E-state index >= 15 is 4.39 Å². The zero-order chi connectivity index (χ0) is 24.2. The Balaban J connectivity index is 1.52. The number of hydrogen-bond donors (Lipinski definition) is 1. The number of carbonyl (C=O) groups is 1. The Labute approximate surface area is 195 Å². The number of amides is 1. The Kier molecular flexibility index (Phi) is 5.85. The largest absolute Gasteiger partial charge is 0.497 e. The number of aromatic nitrogens is 2. The number of nitrogens with one attached hydrogen (secondary N) is 1. The monoisotopic (exact) mass is 457 g/mol. The highest BCUT2D eigenvalue weighted by Crippen LogP contribution is 2.37. The van der Waals surface area contributed by atoms with Crippen LogP contribution < -0.4 is 5.46 Å². The molecular formula is C24H33BFN3O4. The van der Waals surface area contributed by atoms with Gasteiger partial charge in [-0.15, -0.1) is 0 Å². The highest BCUT2D eigenvalue weighted by atomic mass is 19.1. The topological polar surface area (TPSA) is 76.7 Å². The van der Waals surface area contributed by atoms with Gasteiger partial charge in [0.2, 0.25) is 0 Å². The predicted molar refractivity (Wildman–Crippen MR) is 125 cm³/mol. The lowest BCUT2D eigenvalue weighted by Crippen LogP contribution is -2.41. The van der Waals surface area contributed by atoms with Gasteiger partial charge in [-0.2, -0.15) is 0 Å². The summed E-state index contributed by atoms with van der Waals surface area (Å²) >= 11 is 0. The van der Waals surface area contributed by atoms with Crippen molar-refractivity contribution in [2.45, 2.75) is 84.2 Å². The van der Waals surface area contributed by atoms with Gasteiger partial charge in [0, 0.05) is 17.6 Å². The Morgan fingerprint density at radius 3 is 2.52 bits per heavy atom. The molecule has 1 unspecified atom stereocenters. The van der Waals surface area contributed by atoms with Crippen LogP contribution in [-0.2, 0) is 14.0 Å². The van der Waals surface area contributed by atoms with Gasteiger partial charge < -0.3 is 19.0 Å². The van der Waals surface area contributed by atoms with Gasteiger partial charge in [-0.25, -0.2) is 14.2 Å². The van der Waals surface area contributed by atoms with E-state index in [4.69, 9.17) is 14.0 Å². The molecule has 2 fully saturated rings. The van der Waals surface area contributed by atoms with Gasteiger partial charge >= 0.3 is 13.2 Å². The van der Waals surface area contributed by atoms with E-state index in [0.717, 1.165) is 12.8 Å². The molecule has 2 aliphatic rings. The highest BCUT2D eigenvalue weighted by molar-refractivity contribution is 6.62. The summed E-state index contributed by atoms with van der Waals surface area (Å²) in [5.74, 6) is 0.266. The van der Waals surface area contributed by atoms with Crippen LogP contribution in [0.4, 0.5) is 9.18 Å². The number of aromatic amines is 1. The lowest BCUT2D eigenvalue weighted by Gasteiger charge is -2.32. The maximum absolute atomic E-state index is 15.1. The fourth-order valence-corrected chi connectivity index (χ4v) is 4.10. The maximum atomic E-state index is 15.1. The molecule has 9 heteroatoms. The minimum absolute atomic E-state index is 0.192. The number of carbonyl (C=O) groups excluding carboxylic acids is 1. The summed E-state index contributed by atoms with van der Waals surface area (Å²) in [6.45, 7) is 13.9. The number of hydrogen-bond acceptors (Lipinski definition) is 5. The second-order valence-corrected chi connectivity index (χ2v) is 10.8. The standard InChI is InChI=1S/C24H33BFN3O4/c1-22(2,3)31-21(30)29-12-8-9-19(29)20-27-14-18(28-20)15-10-11-16(17(26)13-15)25-32-23(4,5)24(6,7)33-25/h10-11,13-14,19H,8-9,12H2,1-7H3,(H,27,28). The van der Waals surface area contributed by atoms with Gasteiger partial charge in [0.1, 0.15) is 17.2 Å². The molecule has 1 N–H and O–H groups in total. The van der Waals surface area contributed by atoms with Crippen LogP contribution in [0.1, 0.15) is 73.2 Å². The Morgan fingerprint density at radius 1 is 1.24 bits per heavy atom. The first-order valence-corrected chi connectivity index (χ1v) is 11.5. The first-order chi connectivity index (χ1) is 15.3. The number of likely N-dealkylation sites (tertiary alicyclic amines) is 1. The summed E-state index contributed by atoms with van der Waals surface area (Å²) in [7, 11) is -0.762. The lowest BCUT2D eigenvalue weighted by atomic mass is 9.78. The number of benzene rings is 1. The molecule has 7 nitrogen and oxygen atoms in total. The van der Waals surface area contributed by atoms with E-state index in [1.165, 1.54) is 6.07 Å². The number of halogens is 1. The van der Waals surface area contributed by atoms with Crippen molar-refractivity contribution in [2.75, 3.05) is 6.54 Å². The molecule has 0 spiro atoms. The van der Waals surface area contributed by atoms with E-state index < -0.39 is 29.7 Å². The van der Waals surface area contributed by atoms with Crippen LogP contribution in [0.5, 0.6) is 0 Å². The van der Waals surface area contributed by atoms with Crippen molar-refractivity contribution in [2.24, 2.45) is 0 Å². The lowest BCUT2D eigenvalue weighted by molar-refractivity contribution is 0.00578. The van der Waals surface area contributed by atoms with E-state index in [-0.39, 0.29) is 12.1 Å². The molecule has 2 aromatic rings. The van der Waals surface area contributed by atoms with E-state index in [0.29, 0.717) is 29.1 Å². The summed E-state index contributed by atoms with van der Waals surface area (Å²) in [4.78, 5) is 22.1. The molecule has 1 aromatic heterocycles. The van der Waals surface area contributed by atoms with Crippen LogP contribution in [-0.4, -0.2) is 51.4 Å². The molecule has 0 bridgehead atoms. The van der Waals surface area contributed by atoms with Crippen molar-refractivity contribution in [1.82, 2.24) is 14.9 Å². The smallest absolute Gasteiger partial charge is 0.444 e. The molecule has 0 saturated carbocycles. The number of H-pyrrole nitrogens is 1. The third kappa shape index (κ3) is 4.66. The number of imidazole rings is 1. The molecule has 4 rings (SSSR count). The van der Waals surface area contributed by atoms with E-state index in [9.17, 15) is 4.79 Å². The van der Waals surface area contributed by atoms with Crippen LogP contribution in [0.3, 0.4) is 0 Å². The van der Waals surface area contributed by atoms with Crippen molar-refractivity contribution in [1.29, 1.82) is 0 Å². The van der Waals surface area contributed by atoms with Gasteiger partial charge in [0.05, 0.1) is 29.1 Å². The quantitative estimate of drug-likeness (QED) is 0.683. The van der Waals surface area contributed by atoms with E-state index in [2.05, 4.69) is 9.97 Å².